The van der Waals surface area contributed by atoms with Crippen LogP contribution in [0.4, 0.5) is 5.69 Å². The number of nitrogens with zero attached hydrogens (tertiary/aromatic N) is 1. The van der Waals surface area contributed by atoms with Crippen LogP contribution in [-0.4, -0.2) is 10.9 Å². The first-order chi connectivity index (χ1) is 11.8. The molecule has 0 saturated heterocycles. The van der Waals surface area contributed by atoms with Gasteiger partial charge in [0.2, 0.25) is 5.91 Å². The molecule has 118 valence electrons. The van der Waals surface area contributed by atoms with Crippen molar-refractivity contribution in [3.8, 4) is 0 Å². The number of rotatable bonds is 5. The molecule has 0 bridgehead atoms. The topological polar surface area (TPSA) is 42.0 Å². The summed E-state index contributed by atoms with van der Waals surface area (Å²) in [6, 6.07) is 21.6. The highest BCUT2D eigenvalue weighted by Gasteiger charge is 2.00. The Kier molecular flexibility index (Phi) is 5.15. The van der Waals surface area contributed by atoms with Crippen LogP contribution in [0, 0.1) is 0 Å². The van der Waals surface area contributed by atoms with E-state index in [4.69, 9.17) is 0 Å². The van der Waals surface area contributed by atoms with E-state index in [1.54, 1.807) is 24.5 Å². The van der Waals surface area contributed by atoms with E-state index in [1.165, 1.54) is 11.1 Å². The molecule has 3 aromatic rings. The molecule has 3 nitrogen and oxygen atoms in total. The third-order valence-electron chi connectivity index (χ3n) is 3.61. The van der Waals surface area contributed by atoms with E-state index in [9.17, 15) is 4.79 Å². The number of hydrogen-bond donors (Lipinski definition) is 1. The van der Waals surface area contributed by atoms with Crippen LogP contribution in [0.5, 0.6) is 0 Å². The third-order valence-corrected chi connectivity index (χ3v) is 3.61. The Morgan fingerprint density at radius 2 is 1.54 bits per heavy atom. The highest BCUT2D eigenvalue weighted by atomic mass is 16.1. The highest BCUT2D eigenvalue weighted by molar-refractivity contribution is 6.01. The summed E-state index contributed by atoms with van der Waals surface area (Å²) in [4.78, 5) is 16.0. The number of nitrogens with one attached hydrogen (secondary N) is 1. The van der Waals surface area contributed by atoms with Gasteiger partial charge >= 0.3 is 0 Å². The zero-order chi connectivity index (χ0) is 16.6. The van der Waals surface area contributed by atoms with Gasteiger partial charge in [0.1, 0.15) is 0 Å². The Morgan fingerprint density at radius 1 is 0.875 bits per heavy atom. The molecule has 1 heterocycles. The zero-order valence-corrected chi connectivity index (χ0v) is 13.2. The summed E-state index contributed by atoms with van der Waals surface area (Å²) in [6.45, 7) is 0. The van der Waals surface area contributed by atoms with Crippen LogP contribution in [0.1, 0.15) is 16.7 Å². The molecule has 0 unspecified atom stereocenters. The number of pyridine rings is 1. The number of carbonyl (C=O) groups is 1. The first kappa shape index (κ1) is 15.7. The van der Waals surface area contributed by atoms with Gasteiger partial charge in [0, 0.05) is 24.2 Å². The van der Waals surface area contributed by atoms with Gasteiger partial charge in [-0.15, -0.1) is 0 Å². The number of benzene rings is 2. The number of hydrogen-bond acceptors (Lipinski definition) is 2. The second-order valence-electron chi connectivity index (χ2n) is 5.46. The summed E-state index contributed by atoms with van der Waals surface area (Å²) >= 11 is 0. The van der Waals surface area contributed by atoms with Gasteiger partial charge in [-0.1, -0.05) is 42.5 Å². The van der Waals surface area contributed by atoms with Crippen LogP contribution in [0.15, 0.2) is 85.2 Å². The molecule has 24 heavy (non-hydrogen) atoms. The molecule has 3 heteroatoms. The predicted octanol–water partition coefficient (Wildman–Crippen LogP) is 4.32. The number of amides is 1. The monoisotopic (exact) mass is 314 g/mol. The molecule has 0 aliphatic heterocycles. The smallest absolute Gasteiger partial charge is 0.248 e. The first-order valence-corrected chi connectivity index (χ1v) is 7.81. The maximum atomic E-state index is 12.0. The Hall–Kier alpha value is -3.20. The van der Waals surface area contributed by atoms with Crippen molar-refractivity contribution in [2.45, 2.75) is 6.42 Å². The van der Waals surface area contributed by atoms with Crippen LogP contribution < -0.4 is 5.32 Å². The Morgan fingerprint density at radius 3 is 2.25 bits per heavy atom. The average molecular weight is 314 g/mol. The molecule has 0 radical (unpaired) electrons. The van der Waals surface area contributed by atoms with Crippen molar-refractivity contribution in [3.63, 3.8) is 0 Å². The molecule has 0 saturated carbocycles. The van der Waals surface area contributed by atoms with Crippen molar-refractivity contribution in [1.29, 1.82) is 0 Å². The van der Waals surface area contributed by atoms with Gasteiger partial charge in [0.15, 0.2) is 0 Å². The molecule has 0 atom stereocenters. The molecule has 0 aliphatic carbocycles. The van der Waals surface area contributed by atoms with Gasteiger partial charge in [-0.05, 0) is 53.5 Å². The van der Waals surface area contributed by atoms with Crippen molar-refractivity contribution < 1.29 is 4.79 Å². The molecule has 1 amide bonds. The van der Waals surface area contributed by atoms with Gasteiger partial charge in [0.05, 0.1) is 0 Å². The minimum atomic E-state index is -0.138. The molecule has 2 aromatic carbocycles. The van der Waals surface area contributed by atoms with Crippen molar-refractivity contribution in [2.75, 3.05) is 5.32 Å². The minimum Gasteiger partial charge on any atom is -0.323 e. The number of carbonyl (C=O) groups excluding carboxylic acids is 1. The standard InChI is InChI=1S/C21H18N2O/c24-21(11-8-17-4-2-1-3-5-17)23-20-9-6-18(7-10-20)16-19-12-14-22-15-13-19/h1-15H,16H2,(H,23,24). The molecule has 0 aliphatic rings. The lowest BCUT2D eigenvalue weighted by Crippen LogP contribution is -2.07. The first-order valence-electron chi connectivity index (χ1n) is 7.81. The lowest BCUT2D eigenvalue weighted by molar-refractivity contribution is -0.111. The van der Waals surface area contributed by atoms with Crippen LogP contribution >= 0.6 is 0 Å². The number of aromatic nitrogens is 1. The van der Waals surface area contributed by atoms with Gasteiger partial charge in [-0.3, -0.25) is 9.78 Å². The second-order valence-corrected chi connectivity index (χ2v) is 5.46. The van der Waals surface area contributed by atoms with E-state index < -0.39 is 0 Å². The largest absolute Gasteiger partial charge is 0.323 e. The molecular weight excluding hydrogens is 296 g/mol. The van der Waals surface area contributed by atoms with Crippen molar-refractivity contribution in [1.82, 2.24) is 4.98 Å². The Bertz CT molecular complexity index is 809. The lowest BCUT2D eigenvalue weighted by Gasteiger charge is -2.05. The van der Waals surface area contributed by atoms with Gasteiger partial charge in [0.25, 0.3) is 0 Å². The van der Waals surface area contributed by atoms with E-state index in [-0.39, 0.29) is 5.91 Å². The molecule has 1 aromatic heterocycles. The second kappa shape index (κ2) is 7.88. The fourth-order valence-corrected chi connectivity index (χ4v) is 2.36. The Labute approximate surface area is 141 Å². The highest BCUT2D eigenvalue weighted by Crippen LogP contribution is 2.13. The van der Waals surface area contributed by atoms with E-state index in [0.717, 1.165) is 17.7 Å². The fraction of sp³-hybridized carbons (Fsp3) is 0.0476. The van der Waals surface area contributed by atoms with Gasteiger partial charge in [-0.2, -0.15) is 0 Å². The van der Waals surface area contributed by atoms with E-state index >= 15 is 0 Å². The zero-order valence-electron chi connectivity index (χ0n) is 13.2. The lowest BCUT2D eigenvalue weighted by atomic mass is 10.1. The quantitative estimate of drug-likeness (QED) is 0.712. The molecule has 1 N–H and O–H groups in total. The Balaban J connectivity index is 1.58. The third kappa shape index (κ3) is 4.65. The van der Waals surface area contributed by atoms with Gasteiger partial charge in [-0.25, -0.2) is 0 Å². The average Bonchev–Trinajstić information content (AvgIpc) is 2.63. The van der Waals surface area contributed by atoms with Crippen molar-refractivity contribution >= 4 is 17.7 Å². The summed E-state index contributed by atoms with van der Waals surface area (Å²) in [7, 11) is 0. The minimum absolute atomic E-state index is 0.138. The van der Waals surface area contributed by atoms with E-state index in [2.05, 4.69) is 10.3 Å². The summed E-state index contributed by atoms with van der Waals surface area (Å²) in [5.74, 6) is -0.138. The molecular formula is C21H18N2O. The van der Waals surface area contributed by atoms with Gasteiger partial charge < -0.3 is 5.32 Å². The molecule has 0 fully saturated rings. The fourth-order valence-electron chi connectivity index (χ4n) is 2.36. The molecule has 3 rings (SSSR count). The van der Waals surface area contributed by atoms with Crippen molar-refractivity contribution in [2.24, 2.45) is 0 Å². The van der Waals surface area contributed by atoms with Crippen LogP contribution in [0.2, 0.25) is 0 Å². The summed E-state index contributed by atoms with van der Waals surface area (Å²) in [6.07, 6.45) is 7.78. The maximum absolute atomic E-state index is 12.0. The summed E-state index contributed by atoms with van der Waals surface area (Å²) in [5, 5.41) is 2.87. The summed E-state index contributed by atoms with van der Waals surface area (Å²) < 4.78 is 0. The normalized spacial score (nSPS) is 10.7. The van der Waals surface area contributed by atoms with Crippen LogP contribution in [0.3, 0.4) is 0 Å². The van der Waals surface area contributed by atoms with E-state index in [0.29, 0.717) is 0 Å². The van der Waals surface area contributed by atoms with E-state index in [1.807, 2.05) is 66.7 Å². The van der Waals surface area contributed by atoms with Crippen LogP contribution in [0.25, 0.3) is 6.08 Å². The maximum Gasteiger partial charge on any atom is 0.248 e. The predicted molar refractivity (Wildman–Crippen MR) is 97.6 cm³/mol. The number of anilines is 1. The SMILES string of the molecule is O=C(C=Cc1ccccc1)Nc1ccc(Cc2ccncc2)cc1. The molecule has 0 spiro atoms. The van der Waals surface area contributed by atoms with Crippen LogP contribution in [-0.2, 0) is 11.2 Å². The van der Waals surface area contributed by atoms with Crippen molar-refractivity contribution in [3.05, 3.63) is 102 Å². The summed E-state index contributed by atoms with van der Waals surface area (Å²) in [5.41, 5.74) is 4.20.